The third kappa shape index (κ3) is 3.88. The van der Waals surface area contributed by atoms with Gasteiger partial charge in [-0.05, 0) is 32.0 Å². The molecule has 1 aromatic carbocycles. The molecule has 4 heterocycles. The van der Waals surface area contributed by atoms with Gasteiger partial charge in [0.05, 0.1) is 42.2 Å². The highest BCUT2D eigenvalue weighted by molar-refractivity contribution is 6.07. The number of benzene rings is 1. The number of hydrogen-bond acceptors (Lipinski definition) is 6. The number of carbonyl (C=O) groups excluding carboxylic acids is 1. The number of pyridine rings is 1. The van der Waals surface area contributed by atoms with Gasteiger partial charge in [0.2, 0.25) is 0 Å². The lowest BCUT2D eigenvalue weighted by Crippen LogP contribution is -2.49. The Morgan fingerprint density at radius 1 is 1.13 bits per heavy atom. The van der Waals surface area contributed by atoms with Gasteiger partial charge in [0, 0.05) is 50.6 Å². The zero-order valence-corrected chi connectivity index (χ0v) is 18.0. The summed E-state index contributed by atoms with van der Waals surface area (Å²) in [6, 6.07) is 4.54. The Balaban J connectivity index is 1.53. The second-order valence-electron chi connectivity index (χ2n) is 8.74. The van der Waals surface area contributed by atoms with Gasteiger partial charge in [0.25, 0.3) is 5.91 Å². The van der Waals surface area contributed by atoms with Crippen LogP contribution in [0.1, 0.15) is 37.0 Å². The van der Waals surface area contributed by atoms with E-state index in [9.17, 15) is 9.18 Å². The Labute approximate surface area is 181 Å². The molecule has 1 spiro atoms. The number of hydrogen-bond donors (Lipinski definition) is 0. The smallest absolute Gasteiger partial charge is 0.257 e. The van der Waals surface area contributed by atoms with Crippen molar-refractivity contribution in [2.75, 3.05) is 44.3 Å². The second-order valence-corrected chi connectivity index (χ2v) is 8.74. The van der Waals surface area contributed by atoms with Crippen LogP contribution in [-0.2, 0) is 14.2 Å². The fourth-order valence-electron chi connectivity index (χ4n) is 5.02. The molecular formula is C23H28FN3O4. The van der Waals surface area contributed by atoms with E-state index >= 15 is 0 Å². The third-order valence-corrected chi connectivity index (χ3v) is 6.39. The molecule has 5 rings (SSSR count). The molecule has 1 aromatic heterocycles. The molecule has 0 aliphatic carbocycles. The van der Waals surface area contributed by atoms with E-state index in [4.69, 9.17) is 14.2 Å². The zero-order chi connectivity index (χ0) is 21.6. The van der Waals surface area contributed by atoms with E-state index in [1.165, 1.54) is 12.1 Å². The predicted molar refractivity (Wildman–Crippen MR) is 114 cm³/mol. The van der Waals surface area contributed by atoms with Crippen LogP contribution in [0, 0.1) is 5.82 Å². The Morgan fingerprint density at radius 3 is 2.48 bits per heavy atom. The normalized spacial score (nSPS) is 26.0. The quantitative estimate of drug-likeness (QED) is 0.732. The van der Waals surface area contributed by atoms with Crippen molar-refractivity contribution >= 4 is 22.5 Å². The van der Waals surface area contributed by atoms with Crippen LogP contribution in [0.4, 0.5) is 10.1 Å². The van der Waals surface area contributed by atoms with Gasteiger partial charge in [-0.2, -0.15) is 0 Å². The van der Waals surface area contributed by atoms with Crippen LogP contribution in [0.2, 0.25) is 0 Å². The summed E-state index contributed by atoms with van der Waals surface area (Å²) in [5.74, 6) is -0.960. The van der Waals surface area contributed by atoms with Crippen molar-refractivity contribution in [1.29, 1.82) is 0 Å². The molecule has 1 unspecified atom stereocenters. The topological polar surface area (TPSA) is 64.1 Å². The van der Waals surface area contributed by atoms with Crippen molar-refractivity contribution in [3.05, 3.63) is 35.8 Å². The number of piperidine rings is 1. The minimum atomic E-state index is -0.524. The van der Waals surface area contributed by atoms with E-state index in [1.807, 2.05) is 18.7 Å². The van der Waals surface area contributed by atoms with Crippen molar-refractivity contribution < 1.29 is 23.4 Å². The number of carbonyl (C=O) groups is 1. The predicted octanol–water partition coefficient (Wildman–Crippen LogP) is 2.97. The molecule has 0 saturated carbocycles. The Kier molecular flexibility index (Phi) is 5.32. The Bertz CT molecular complexity index is 974. The average molecular weight is 429 g/mol. The van der Waals surface area contributed by atoms with Crippen molar-refractivity contribution in [1.82, 2.24) is 9.88 Å². The molecule has 2 aromatic rings. The lowest BCUT2D eigenvalue weighted by Gasteiger charge is -2.40. The van der Waals surface area contributed by atoms with Gasteiger partial charge >= 0.3 is 0 Å². The number of fused-ring (bicyclic) bond motifs is 1. The van der Waals surface area contributed by atoms with E-state index in [0.29, 0.717) is 68.7 Å². The van der Waals surface area contributed by atoms with Crippen molar-refractivity contribution in [3.8, 4) is 0 Å². The number of rotatable bonds is 2. The average Bonchev–Trinajstić information content (AvgIpc) is 3.20. The maximum Gasteiger partial charge on any atom is 0.257 e. The molecule has 2 atom stereocenters. The molecular weight excluding hydrogens is 401 g/mol. The van der Waals surface area contributed by atoms with E-state index in [0.717, 1.165) is 5.69 Å². The van der Waals surface area contributed by atoms with Crippen LogP contribution in [0.3, 0.4) is 0 Å². The lowest BCUT2D eigenvalue weighted by atomic mass is 9.99. The number of anilines is 1. The fraction of sp³-hybridized carbons (Fsp3) is 0.565. The van der Waals surface area contributed by atoms with Crippen LogP contribution in [-0.4, -0.2) is 73.2 Å². The summed E-state index contributed by atoms with van der Waals surface area (Å²) in [6.07, 6.45) is 2.97. The minimum absolute atomic E-state index is 0.0338. The van der Waals surface area contributed by atoms with Gasteiger partial charge in [0.1, 0.15) is 5.82 Å². The molecule has 166 valence electrons. The molecule has 1 amide bonds. The Hall–Kier alpha value is -2.29. The SMILES string of the molecule is CC1CN(C(=O)c2cnc3ccc(F)cc3c2N2CCC3(CC2)OCCO3)C[C@H](C)O1. The molecule has 3 saturated heterocycles. The van der Waals surface area contributed by atoms with Gasteiger partial charge < -0.3 is 24.0 Å². The van der Waals surface area contributed by atoms with E-state index < -0.39 is 5.79 Å². The molecule has 7 nitrogen and oxygen atoms in total. The minimum Gasteiger partial charge on any atom is -0.372 e. The highest BCUT2D eigenvalue weighted by atomic mass is 19.1. The first-order chi connectivity index (χ1) is 14.9. The van der Waals surface area contributed by atoms with Crippen LogP contribution in [0.15, 0.2) is 24.4 Å². The van der Waals surface area contributed by atoms with Crippen molar-refractivity contribution in [3.63, 3.8) is 0 Å². The lowest BCUT2D eigenvalue weighted by molar-refractivity contribution is -0.169. The molecule has 0 bridgehead atoms. The zero-order valence-electron chi connectivity index (χ0n) is 18.0. The summed E-state index contributed by atoms with van der Waals surface area (Å²) in [6.45, 7) is 7.52. The first kappa shape index (κ1) is 20.6. The number of halogens is 1. The van der Waals surface area contributed by atoms with Crippen LogP contribution in [0.5, 0.6) is 0 Å². The van der Waals surface area contributed by atoms with Gasteiger partial charge in [-0.1, -0.05) is 0 Å². The molecule has 3 aliphatic rings. The fourth-order valence-corrected chi connectivity index (χ4v) is 5.02. The second kappa shape index (κ2) is 8.00. The standard InChI is InChI=1S/C23H28FN3O4/c1-15-13-27(14-16(2)31-15)22(28)19-12-25-20-4-3-17(24)11-18(20)21(19)26-7-5-23(6-8-26)29-9-10-30-23/h3-4,11-12,15-16H,5-10,13-14H2,1-2H3/t15-,16?/m0/s1. The first-order valence-electron chi connectivity index (χ1n) is 11.0. The number of ether oxygens (including phenoxy) is 3. The largest absolute Gasteiger partial charge is 0.372 e. The van der Waals surface area contributed by atoms with Crippen molar-refractivity contribution in [2.45, 2.75) is 44.7 Å². The maximum absolute atomic E-state index is 14.2. The van der Waals surface area contributed by atoms with Crippen LogP contribution in [0.25, 0.3) is 10.9 Å². The molecule has 3 fully saturated rings. The van der Waals surface area contributed by atoms with E-state index in [2.05, 4.69) is 9.88 Å². The summed E-state index contributed by atoms with van der Waals surface area (Å²) in [7, 11) is 0. The van der Waals surface area contributed by atoms with Crippen LogP contribution < -0.4 is 4.90 Å². The number of nitrogens with zero attached hydrogens (tertiary/aromatic N) is 3. The summed E-state index contributed by atoms with van der Waals surface area (Å²) in [4.78, 5) is 22.0. The third-order valence-electron chi connectivity index (χ3n) is 6.39. The molecule has 0 N–H and O–H groups in total. The molecule has 8 heteroatoms. The van der Waals surface area contributed by atoms with E-state index in [1.54, 1.807) is 12.3 Å². The van der Waals surface area contributed by atoms with E-state index in [-0.39, 0.29) is 23.9 Å². The molecule has 3 aliphatic heterocycles. The summed E-state index contributed by atoms with van der Waals surface area (Å²) in [5, 5.41) is 0.657. The number of morpholine rings is 1. The summed E-state index contributed by atoms with van der Waals surface area (Å²) in [5.41, 5.74) is 1.92. The van der Waals surface area contributed by atoms with Gasteiger partial charge in [-0.25, -0.2) is 4.39 Å². The van der Waals surface area contributed by atoms with Crippen LogP contribution >= 0.6 is 0 Å². The highest BCUT2D eigenvalue weighted by Gasteiger charge is 2.41. The Morgan fingerprint density at radius 2 is 1.81 bits per heavy atom. The summed E-state index contributed by atoms with van der Waals surface area (Å²) < 4.78 is 31.7. The van der Waals surface area contributed by atoms with Gasteiger partial charge in [-0.3, -0.25) is 9.78 Å². The number of amides is 1. The van der Waals surface area contributed by atoms with Gasteiger partial charge in [0.15, 0.2) is 5.79 Å². The molecule has 0 radical (unpaired) electrons. The summed E-state index contributed by atoms with van der Waals surface area (Å²) >= 11 is 0. The maximum atomic E-state index is 14.2. The monoisotopic (exact) mass is 429 g/mol. The number of aromatic nitrogens is 1. The van der Waals surface area contributed by atoms with Crippen molar-refractivity contribution in [2.24, 2.45) is 0 Å². The first-order valence-corrected chi connectivity index (χ1v) is 11.0. The van der Waals surface area contributed by atoms with Gasteiger partial charge in [-0.15, -0.1) is 0 Å². The highest BCUT2D eigenvalue weighted by Crippen LogP contribution is 2.38. The molecule has 31 heavy (non-hydrogen) atoms.